The fourth-order valence-corrected chi connectivity index (χ4v) is 3.45. The lowest BCUT2D eigenvalue weighted by molar-refractivity contribution is 0.102. The first-order valence-corrected chi connectivity index (χ1v) is 9.67. The molecule has 0 aliphatic heterocycles. The molecule has 6 heteroatoms. The summed E-state index contributed by atoms with van der Waals surface area (Å²) in [5, 5.41) is 17.1. The van der Waals surface area contributed by atoms with Crippen LogP contribution in [0.15, 0.2) is 54.6 Å². The standard InChI is InChI=1S/C24H21N5O/c1-15-4-10-20(11-5-15)29-23-22(17(3)28-29)21(14-16(2)26-23)24(30)27-19-8-6-18(7-9-19)12-13-25/h4-11,14H,12H2,1-3H3,(H,27,30). The van der Waals surface area contributed by atoms with Gasteiger partial charge in [-0.25, -0.2) is 9.67 Å². The van der Waals surface area contributed by atoms with Gasteiger partial charge in [-0.1, -0.05) is 29.8 Å². The predicted octanol–water partition coefficient (Wildman–Crippen LogP) is 4.66. The zero-order valence-corrected chi connectivity index (χ0v) is 17.1. The van der Waals surface area contributed by atoms with Crippen LogP contribution in [0.4, 0.5) is 5.69 Å². The average Bonchev–Trinajstić information content (AvgIpc) is 3.06. The van der Waals surface area contributed by atoms with Crippen LogP contribution in [0.25, 0.3) is 16.7 Å². The highest BCUT2D eigenvalue weighted by molar-refractivity contribution is 6.12. The number of carbonyl (C=O) groups is 1. The molecule has 0 saturated heterocycles. The molecule has 0 saturated carbocycles. The van der Waals surface area contributed by atoms with Crippen LogP contribution >= 0.6 is 0 Å². The van der Waals surface area contributed by atoms with Crippen molar-refractivity contribution in [2.45, 2.75) is 27.2 Å². The van der Waals surface area contributed by atoms with Gasteiger partial charge in [-0.05, 0) is 56.7 Å². The molecule has 30 heavy (non-hydrogen) atoms. The smallest absolute Gasteiger partial charge is 0.256 e. The molecule has 0 fully saturated rings. The van der Waals surface area contributed by atoms with Gasteiger partial charge in [0, 0.05) is 11.4 Å². The van der Waals surface area contributed by atoms with Crippen LogP contribution in [-0.4, -0.2) is 20.7 Å². The third-order valence-electron chi connectivity index (χ3n) is 4.96. The molecule has 4 aromatic rings. The van der Waals surface area contributed by atoms with Crippen molar-refractivity contribution in [1.29, 1.82) is 5.26 Å². The molecule has 0 unspecified atom stereocenters. The van der Waals surface area contributed by atoms with Crippen LogP contribution in [0.3, 0.4) is 0 Å². The zero-order valence-electron chi connectivity index (χ0n) is 17.1. The van der Waals surface area contributed by atoms with Gasteiger partial charge in [-0.2, -0.15) is 10.4 Å². The number of carbonyl (C=O) groups excluding carboxylic acids is 1. The summed E-state index contributed by atoms with van der Waals surface area (Å²) in [6.07, 6.45) is 0.343. The van der Waals surface area contributed by atoms with Gasteiger partial charge in [0.2, 0.25) is 0 Å². The van der Waals surface area contributed by atoms with E-state index in [1.165, 1.54) is 0 Å². The quantitative estimate of drug-likeness (QED) is 0.544. The summed E-state index contributed by atoms with van der Waals surface area (Å²) in [5.74, 6) is -0.218. The van der Waals surface area contributed by atoms with Crippen LogP contribution < -0.4 is 5.32 Å². The molecule has 6 nitrogen and oxygen atoms in total. The monoisotopic (exact) mass is 395 g/mol. The van der Waals surface area contributed by atoms with E-state index in [4.69, 9.17) is 5.26 Å². The Kier molecular flexibility index (Phi) is 5.03. The summed E-state index contributed by atoms with van der Waals surface area (Å²) in [6.45, 7) is 5.79. The molecule has 0 bridgehead atoms. The lowest BCUT2D eigenvalue weighted by atomic mass is 10.1. The molecule has 0 aliphatic carbocycles. The number of anilines is 1. The van der Waals surface area contributed by atoms with Gasteiger partial charge >= 0.3 is 0 Å². The van der Waals surface area contributed by atoms with Crippen molar-refractivity contribution >= 4 is 22.6 Å². The fraction of sp³-hybridized carbons (Fsp3) is 0.167. The van der Waals surface area contributed by atoms with E-state index < -0.39 is 0 Å². The number of aromatic nitrogens is 3. The Labute approximate surface area is 174 Å². The van der Waals surface area contributed by atoms with Crippen LogP contribution in [-0.2, 0) is 6.42 Å². The lowest BCUT2D eigenvalue weighted by Gasteiger charge is -2.09. The molecule has 0 spiro atoms. The van der Waals surface area contributed by atoms with Gasteiger partial charge in [0.05, 0.1) is 34.8 Å². The summed E-state index contributed by atoms with van der Waals surface area (Å²) in [4.78, 5) is 17.8. The number of nitrogens with one attached hydrogen (secondary N) is 1. The molecule has 0 radical (unpaired) electrons. The molecule has 0 aliphatic rings. The van der Waals surface area contributed by atoms with E-state index in [0.717, 1.165) is 33.6 Å². The number of rotatable bonds is 4. The van der Waals surface area contributed by atoms with Crippen molar-refractivity contribution in [2.24, 2.45) is 0 Å². The van der Waals surface area contributed by atoms with Crippen molar-refractivity contribution in [3.05, 3.63) is 82.7 Å². The van der Waals surface area contributed by atoms with Gasteiger partial charge in [0.25, 0.3) is 5.91 Å². The summed E-state index contributed by atoms with van der Waals surface area (Å²) < 4.78 is 1.78. The van der Waals surface area contributed by atoms with Gasteiger partial charge in [-0.3, -0.25) is 4.79 Å². The maximum absolute atomic E-state index is 13.1. The molecule has 2 aromatic carbocycles. The predicted molar refractivity (Wildman–Crippen MR) is 117 cm³/mol. The van der Waals surface area contributed by atoms with Crippen molar-refractivity contribution in [2.75, 3.05) is 5.32 Å². The molecule has 4 rings (SSSR count). The highest BCUT2D eigenvalue weighted by Crippen LogP contribution is 2.26. The van der Waals surface area contributed by atoms with Gasteiger partial charge in [0.15, 0.2) is 5.65 Å². The second-order valence-corrected chi connectivity index (χ2v) is 7.33. The van der Waals surface area contributed by atoms with Crippen molar-refractivity contribution in [3.8, 4) is 11.8 Å². The number of fused-ring (bicyclic) bond motifs is 1. The molecular weight excluding hydrogens is 374 g/mol. The van der Waals surface area contributed by atoms with Gasteiger partial charge in [0.1, 0.15) is 0 Å². The average molecular weight is 395 g/mol. The Bertz CT molecular complexity index is 1280. The molecule has 0 atom stereocenters. The maximum atomic E-state index is 13.1. The minimum atomic E-state index is -0.218. The second-order valence-electron chi connectivity index (χ2n) is 7.33. The summed E-state index contributed by atoms with van der Waals surface area (Å²) in [5.41, 5.74) is 6.33. The van der Waals surface area contributed by atoms with Crippen molar-refractivity contribution in [3.63, 3.8) is 0 Å². The molecular formula is C24H21N5O. The van der Waals surface area contributed by atoms with Crippen LogP contribution in [0.1, 0.15) is 32.9 Å². The minimum Gasteiger partial charge on any atom is -0.322 e. The number of pyridine rings is 1. The fourth-order valence-electron chi connectivity index (χ4n) is 3.45. The van der Waals surface area contributed by atoms with E-state index in [1.54, 1.807) is 22.9 Å². The van der Waals surface area contributed by atoms with Crippen LogP contribution in [0, 0.1) is 32.1 Å². The number of hydrogen-bond donors (Lipinski definition) is 1. The summed E-state index contributed by atoms with van der Waals surface area (Å²) >= 11 is 0. The number of hydrogen-bond acceptors (Lipinski definition) is 4. The Balaban J connectivity index is 1.74. The number of amides is 1. The van der Waals surface area contributed by atoms with Gasteiger partial charge in [-0.15, -0.1) is 0 Å². The first kappa shape index (κ1) is 19.3. The maximum Gasteiger partial charge on any atom is 0.256 e. The first-order chi connectivity index (χ1) is 14.5. The van der Waals surface area contributed by atoms with Gasteiger partial charge < -0.3 is 5.32 Å². The van der Waals surface area contributed by atoms with E-state index in [9.17, 15) is 4.79 Å². The Morgan fingerprint density at radius 1 is 1.07 bits per heavy atom. The normalized spacial score (nSPS) is 10.7. The topological polar surface area (TPSA) is 83.6 Å². The number of benzene rings is 2. The lowest BCUT2D eigenvalue weighted by Crippen LogP contribution is -2.13. The minimum absolute atomic E-state index is 0.218. The first-order valence-electron chi connectivity index (χ1n) is 9.67. The zero-order chi connectivity index (χ0) is 21.3. The van der Waals surface area contributed by atoms with Crippen LogP contribution in [0.2, 0.25) is 0 Å². The van der Waals surface area contributed by atoms with E-state index in [1.807, 2.05) is 57.2 Å². The molecule has 148 valence electrons. The third-order valence-corrected chi connectivity index (χ3v) is 4.96. The third kappa shape index (κ3) is 3.65. The number of nitrogens with zero attached hydrogens (tertiary/aromatic N) is 4. The largest absolute Gasteiger partial charge is 0.322 e. The molecule has 1 N–H and O–H groups in total. The highest BCUT2D eigenvalue weighted by Gasteiger charge is 2.19. The highest BCUT2D eigenvalue weighted by atomic mass is 16.1. The Hall–Kier alpha value is -3.98. The van der Waals surface area contributed by atoms with E-state index in [0.29, 0.717) is 23.3 Å². The molecule has 1 amide bonds. The Morgan fingerprint density at radius 3 is 2.43 bits per heavy atom. The SMILES string of the molecule is Cc1ccc(-n2nc(C)c3c(C(=O)Nc4ccc(CC#N)cc4)cc(C)nc32)cc1. The summed E-state index contributed by atoms with van der Waals surface area (Å²) in [7, 11) is 0. The van der Waals surface area contributed by atoms with E-state index >= 15 is 0 Å². The number of aryl methyl sites for hydroxylation is 3. The summed E-state index contributed by atoms with van der Waals surface area (Å²) in [6, 6.07) is 19.2. The number of nitriles is 1. The second kappa shape index (κ2) is 7.80. The Morgan fingerprint density at radius 2 is 1.77 bits per heavy atom. The van der Waals surface area contributed by atoms with E-state index in [2.05, 4.69) is 21.5 Å². The molecule has 2 aromatic heterocycles. The van der Waals surface area contributed by atoms with E-state index in [-0.39, 0.29) is 5.91 Å². The van der Waals surface area contributed by atoms with Crippen LogP contribution in [0.5, 0.6) is 0 Å². The van der Waals surface area contributed by atoms with Crippen molar-refractivity contribution < 1.29 is 4.79 Å². The van der Waals surface area contributed by atoms with Crippen molar-refractivity contribution in [1.82, 2.24) is 14.8 Å². The molecule has 2 heterocycles.